The quantitative estimate of drug-likeness (QED) is 0.463. The molecule has 0 radical (unpaired) electrons. The van der Waals surface area contributed by atoms with Gasteiger partial charge in [-0.15, -0.1) is 11.3 Å². The summed E-state index contributed by atoms with van der Waals surface area (Å²) < 4.78 is 0. The molecule has 3 N–H and O–H groups in total. The van der Waals surface area contributed by atoms with Crippen LogP contribution in [-0.4, -0.2) is 23.9 Å². The molecule has 0 spiro atoms. The highest BCUT2D eigenvalue weighted by atomic mass is 32.1. The van der Waals surface area contributed by atoms with Gasteiger partial charge >= 0.3 is 0 Å². The lowest BCUT2D eigenvalue weighted by Crippen LogP contribution is -2.31. The van der Waals surface area contributed by atoms with Crippen molar-refractivity contribution in [2.75, 3.05) is 13.1 Å². The summed E-state index contributed by atoms with van der Waals surface area (Å²) in [5.41, 5.74) is 3.25. The van der Waals surface area contributed by atoms with E-state index in [1.165, 1.54) is 11.3 Å². The number of hydrogen-bond acceptors (Lipinski definition) is 4. The molecule has 0 aliphatic carbocycles. The molecular weight excluding hydrogens is 234 g/mol. The second-order valence-electron chi connectivity index (χ2n) is 4.47. The Labute approximate surface area is 107 Å². The smallest absolute Gasteiger partial charge is 0.275 e. The minimum atomic E-state index is -0.199. The largest absolute Gasteiger partial charge is 0.299 e. The lowest BCUT2D eigenvalue weighted by atomic mass is 10.1. The van der Waals surface area contributed by atoms with Gasteiger partial charge in [0, 0.05) is 13.1 Å². The molecule has 1 rings (SSSR count). The van der Waals surface area contributed by atoms with Gasteiger partial charge in [-0.1, -0.05) is 20.8 Å². The molecule has 0 aliphatic rings. The standard InChI is InChI=1S/C12H21N3OS/c1-4-15(7-9(2)3)8-10-5-6-17-11(10)12(16)14-13/h5-6,9H,4,7-8,13H2,1-3H3,(H,14,16). The van der Waals surface area contributed by atoms with E-state index in [-0.39, 0.29) is 5.91 Å². The number of nitrogens with two attached hydrogens (primary N) is 1. The topological polar surface area (TPSA) is 58.4 Å². The van der Waals surface area contributed by atoms with E-state index < -0.39 is 0 Å². The van der Waals surface area contributed by atoms with E-state index in [1.807, 2.05) is 11.4 Å². The Bertz CT molecular complexity index is 362. The van der Waals surface area contributed by atoms with Crippen molar-refractivity contribution in [1.82, 2.24) is 10.3 Å². The molecule has 0 bridgehead atoms. The Morgan fingerprint density at radius 1 is 1.59 bits per heavy atom. The monoisotopic (exact) mass is 255 g/mol. The van der Waals surface area contributed by atoms with Crippen LogP contribution in [0.15, 0.2) is 11.4 Å². The van der Waals surface area contributed by atoms with E-state index in [0.717, 1.165) is 30.1 Å². The second kappa shape index (κ2) is 6.74. The zero-order valence-electron chi connectivity index (χ0n) is 10.7. The van der Waals surface area contributed by atoms with Crippen molar-refractivity contribution in [3.8, 4) is 0 Å². The minimum Gasteiger partial charge on any atom is -0.299 e. The number of thiophene rings is 1. The third-order valence-corrected chi connectivity index (χ3v) is 3.50. The van der Waals surface area contributed by atoms with Gasteiger partial charge in [-0.05, 0) is 29.5 Å². The fraction of sp³-hybridized carbons (Fsp3) is 0.583. The van der Waals surface area contributed by atoms with Crippen molar-refractivity contribution in [3.05, 3.63) is 21.9 Å². The predicted molar refractivity (Wildman–Crippen MR) is 71.8 cm³/mol. The van der Waals surface area contributed by atoms with Crippen molar-refractivity contribution in [2.45, 2.75) is 27.3 Å². The summed E-state index contributed by atoms with van der Waals surface area (Å²) in [4.78, 5) is 14.6. The van der Waals surface area contributed by atoms with Crippen LogP contribution in [-0.2, 0) is 6.54 Å². The molecule has 1 amide bonds. The molecule has 17 heavy (non-hydrogen) atoms. The molecule has 1 aromatic rings. The van der Waals surface area contributed by atoms with Gasteiger partial charge in [0.1, 0.15) is 0 Å². The number of nitrogens with zero attached hydrogens (tertiary/aromatic N) is 1. The zero-order chi connectivity index (χ0) is 12.8. The third kappa shape index (κ3) is 4.11. The molecule has 5 heteroatoms. The highest BCUT2D eigenvalue weighted by Crippen LogP contribution is 2.18. The van der Waals surface area contributed by atoms with Gasteiger partial charge in [-0.25, -0.2) is 5.84 Å². The van der Waals surface area contributed by atoms with Crippen molar-refractivity contribution < 1.29 is 4.79 Å². The maximum Gasteiger partial charge on any atom is 0.275 e. The number of amides is 1. The van der Waals surface area contributed by atoms with Gasteiger partial charge in [0.25, 0.3) is 5.91 Å². The summed E-state index contributed by atoms with van der Waals surface area (Å²) in [5.74, 6) is 5.60. The molecule has 1 aromatic heterocycles. The zero-order valence-corrected chi connectivity index (χ0v) is 11.5. The molecule has 4 nitrogen and oxygen atoms in total. The van der Waals surface area contributed by atoms with Crippen LogP contribution in [0.5, 0.6) is 0 Å². The summed E-state index contributed by atoms with van der Waals surface area (Å²) in [6, 6.07) is 2.00. The lowest BCUT2D eigenvalue weighted by molar-refractivity contribution is 0.0955. The SMILES string of the molecule is CCN(Cc1ccsc1C(=O)NN)CC(C)C. The number of carbonyl (C=O) groups excluding carboxylic acids is 1. The van der Waals surface area contributed by atoms with Gasteiger partial charge in [0.2, 0.25) is 0 Å². The van der Waals surface area contributed by atoms with Gasteiger partial charge < -0.3 is 0 Å². The average molecular weight is 255 g/mol. The molecule has 0 atom stereocenters. The van der Waals surface area contributed by atoms with E-state index in [9.17, 15) is 4.79 Å². The average Bonchev–Trinajstić information content (AvgIpc) is 2.74. The van der Waals surface area contributed by atoms with Crippen LogP contribution in [0.2, 0.25) is 0 Å². The number of carbonyl (C=O) groups is 1. The minimum absolute atomic E-state index is 0.199. The van der Waals surface area contributed by atoms with E-state index in [4.69, 9.17) is 5.84 Å². The molecule has 0 saturated heterocycles. The lowest BCUT2D eigenvalue weighted by Gasteiger charge is -2.22. The van der Waals surface area contributed by atoms with E-state index in [0.29, 0.717) is 5.92 Å². The molecule has 0 unspecified atom stereocenters. The number of nitrogen functional groups attached to an aromatic ring is 1. The number of hydrogen-bond donors (Lipinski definition) is 2. The normalized spacial score (nSPS) is 11.2. The maximum absolute atomic E-state index is 11.5. The highest BCUT2D eigenvalue weighted by molar-refractivity contribution is 7.12. The Morgan fingerprint density at radius 2 is 2.29 bits per heavy atom. The molecular formula is C12H21N3OS. The summed E-state index contributed by atoms with van der Waals surface area (Å²) in [6.07, 6.45) is 0. The van der Waals surface area contributed by atoms with Crippen LogP contribution in [0.3, 0.4) is 0 Å². The number of rotatable bonds is 6. The number of nitrogens with one attached hydrogen (secondary N) is 1. The first-order valence-electron chi connectivity index (χ1n) is 5.88. The van der Waals surface area contributed by atoms with Gasteiger partial charge in [0.05, 0.1) is 4.88 Å². The van der Waals surface area contributed by atoms with Crippen molar-refractivity contribution in [1.29, 1.82) is 0 Å². The summed E-state index contributed by atoms with van der Waals surface area (Å²) in [5, 5.41) is 1.93. The van der Waals surface area contributed by atoms with Crippen LogP contribution in [0, 0.1) is 5.92 Å². The molecule has 0 fully saturated rings. The Morgan fingerprint density at radius 3 is 2.82 bits per heavy atom. The molecule has 0 aromatic carbocycles. The van der Waals surface area contributed by atoms with Crippen LogP contribution < -0.4 is 11.3 Å². The fourth-order valence-corrected chi connectivity index (χ4v) is 2.61. The maximum atomic E-state index is 11.5. The van der Waals surface area contributed by atoms with Crippen LogP contribution in [0.1, 0.15) is 36.0 Å². The first-order valence-corrected chi connectivity index (χ1v) is 6.76. The summed E-state index contributed by atoms with van der Waals surface area (Å²) in [6.45, 7) is 9.36. The Hall–Kier alpha value is -0.910. The summed E-state index contributed by atoms with van der Waals surface area (Å²) >= 11 is 1.43. The fourth-order valence-electron chi connectivity index (χ4n) is 1.79. The first kappa shape index (κ1) is 14.2. The van der Waals surface area contributed by atoms with Gasteiger partial charge in [0.15, 0.2) is 0 Å². The van der Waals surface area contributed by atoms with Crippen LogP contribution >= 0.6 is 11.3 Å². The molecule has 1 heterocycles. The van der Waals surface area contributed by atoms with Gasteiger partial charge in [-0.3, -0.25) is 15.1 Å². The van der Waals surface area contributed by atoms with Crippen molar-refractivity contribution in [3.63, 3.8) is 0 Å². The summed E-state index contributed by atoms with van der Waals surface area (Å²) in [7, 11) is 0. The van der Waals surface area contributed by atoms with Crippen LogP contribution in [0.4, 0.5) is 0 Å². The molecule has 0 aliphatic heterocycles. The van der Waals surface area contributed by atoms with Crippen molar-refractivity contribution in [2.24, 2.45) is 11.8 Å². The van der Waals surface area contributed by atoms with E-state index >= 15 is 0 Å². The molecule has 96 valence electrons. The second-order valence-corrected chi connectivity index (χ2v) is 5.39. The Balaban J connectivity index is 2.72. The van der Waals surface area contributed by atoms with Crippen molar-refractivity contribution >= 4 is 17.2 Å². The van der Waals surface area contributed by atoms with Crippen LogP contribution in [0.25, 0.3) is 0 Å². The van der Waals surface area contributed by atoms with E-state index in [1.54, 1.807) is 0 Å². The highest BCUT2D eigenvalue weighted by Gasteiger charge is 2.14. The molecule has 0 saturated carbocycles. The predicted octanol–water partition coefficient (Wildman–Crippen LogP) is 1.83. The van der Waals surface area contributed by atoms with E-state index in [2.05, 4.69) is 31.1 Å². The first-order chi connectivity index (χ1) is 8.08. The third-order valence-electron chi connectivity index (χ3n) is 2.55. The Kier molecular flexibility index (Phi) is 5.61. The number of hydrazine groups is 1. The van der Waals surface area contributed by atoms with Gasteiger partial charge in [-0.2, -0.15) is 0 Å².